The molecule has 188 valence electrons. The monoisotopic (exact) mass is 505 g/mol. The first-order valence-electron chi connectivity index (χ1n) is 12.3. The molecule has 9 heteroatoms. The molecule has 3 aliphatic heterocycles. The summed E-state index contributed by atoms with van der Waals surface area (Å²) in [7, 11) is 1.68. The number of ether oxygens (including phenoxy) is 1. The second kappa shape index (κ2) is 10.3. The van der Waals surface area contributed by atoms with Crippen LogP contribution in [0.4, 0.5) is 11.4 Å². The van der Waals surface area contributed by atoms with Gasteiger partial charge in [0.15, 0.2) is 5.17 Å². The third kappa shape index (κ3) is 4.72. The van der Waals surface area contributed by atoms with Crippen LogP contribution in [0, 0.1) is 5.92 Å². The third-order valence-corrected chi connectivity index (χ3v) is 7.55. The molecule has 0 radical (unpaired) electrons. The molecular weight excluding hydrogens is 474 g/mol. The number of rotatable bonds is 6. The fourth-order valence-corrected chi connectivity index (χ4v) is 5.71. The van der Waals surface area contributed by atoms with Crippen molar-refractivity contribution in [2.45, 2.75) is 26.3 Å². The van der Waals surface area contributed by atoms with Crippen LogP contribution in [0.3, 0.4) is 0 Å². The maximum absolute atomic E-state index is 13.3. The lowest BCUT2D eigenvalue weighted by Crippen LogP contribution is -2.49. The first-order chi connectivity index (χ1) is 17.5. The molecule has 1 atom stereocenters. The molecule has 1 saturated heterocycles. The molecule has 1 fully saturated rings. The average Bonchev–Trinajstić information content (AvgIpc) is 3.22. The summed E-state index contributed by atoms with van der Waals surface area (Å²) in [6.45, 7) is 6.94. The summed E-state index contributed by atoms with van der Waals surface area (Å²) < 4.78 is 5.49. The Kier molecular flexibility index (Phi) is 7.00. The summed E-state index contributed by atoms with van der Waals surface area (Å²) in [5, 5.41) is 0.532. The molecule has 0 bridgehead atoms. The SMILES string of the molecule is COc1ccccc1N1CCN(C(=O)CSC2=Nc3ccccc3C3=N[C@@H](CC(C)C)C(=O)N23)CC1. The number of carbonyl (C=O) groups is 2. The van der Waals surface area contributed by atoms with Crippen molar-refractivity contribution >= 4 is 46.0 Å². The molecule has 5 rings (SSSR count). The Labute approximate surface area is 216 Å². The number of methoxy groups -OCH3 is 1. The molecular formula is C27H31N5O3S. The first-order valence-corrected chi connectivity index (χ1v) is 13.3. The number of amidine groups is 2. The Morgan fingerprint density at radius 1 is 1.08 bits per heavy atom. The van der Waals surface area contributed by atoms with Gasteiger partial charge >= 0.3 is 0 Å². The van der Waals surface area contributed by atoms with Gasteiger partial charge in [-0.2, -0.15) is 0 Å². The van der Waals surface area contributed by atoms with Crippen LogP contribution >= 0.6 is 11.8 Å². The number of piperazine rings is 1. The predicted molar refractivity (Wildman–Crippen MR) is 144 cm³/mol. The highest BCUT2D eigenvalue weighted by Gasteiger charge is 2.41. The smallest absolute Gasteiger partial charge is 0.259 e. The quantitative estimate of drug-likeness (QED) is 0.597. The highest BCUT2D eigenvalue weighted by molar-refractivity contribution is 8.14. The number of para-hydroxylation sites is 3. The maximum atomic E-state index is 13.3. The minimum absolute atomic E-state index is 0.0464. The van der Waals surface area contributed by atoms with Gasteiger partial charge in [-0.1, -0.05) is 49.9 Å². The third-order valence-electron chi connectivity index (χ3n) is 6.63. The van der Waals surface area contributed by atoms with Crippen molar-refractivity contribution in [2.75, 3.05) is 43.9 Å². The normalized spacial score (nSPS) is 19.2. The summed E-state index contributed by atoms with van der Waals surface area (Å²) in [4.78, 5) is 41.7. The summed E-state index contributed by atoms with van der Waals surface area (Å²) in [5.41, 5.74) is 2.69. The summed E-state index contributed by atoms with van der Waals surface area (Å²) >= 11 is 1.32. The Hall–Kier alpha value is -3.33. The number of amides is 2. The van der Waals surface area contributed by atoms with Gasteiger partial charge in [0.25, 0.3) is 5.91 Å². The number of benzene rings is 2. The molecule has 0 aromatic heterocycles. The number of thioether (sulfide) groups is 1. The van der Waals surface area contributed by atoms with Crippen molar-refractivity contribution in [1.82, 2.24) is 9.80 Å². The Morgan fingerprint density at radius 3 is 2.56 bits per heavy atom. The van der Waals surface area contributed by atoms with Gasteiger partial charge in [-0.05, 0) is 36.6 Å². The Balaban J connectivity index is 1.25. The number of hydrogen-bond donors (Lipinski definition) is 0. The van der Waals surface area contributed by atoms with Gasteiger partial charge in [-0.3, -0.25) is 14.6 Å². The Bertz CT molecular complexity index is 1220. The van der Waals surface area contributed by atoms with Crippen LogP contribution in [-0.2, 0) is 9.59 Å². The summed E-state index contributed by atoms with van der Waals surface area (Å²) in [6.07, 6.45) is 0.689. The van der Waals surface area contributed by atoms with E-state index in [1.165, 1.54) is 11.8 Å². The lowest BCUT2D eigenvalue weighted by atomic mass is 10.0. The molecule has 2 amide bonds. The maximum Gasteiger partial charge on any atom is 0.259 e. The van der Waals surface area contributed by atoms with Crippen molar-refractivity contribution in [3.63, 3.8) is 0 Å². The molecule has 2 aromatic carbocycles. The zero-order valence-corrected chi connectivity index (χ0v) is 21.7. The van der Waals surface area contributed by atoms with E-state index in [0.29, 0.717) is 36.4 Å². The minimum Gasteiger partial charge on any atom is -0.495 e. The van der Waals surface area contributed by atoms with E-state index in [-0.39, 0.29) is 17.6 Å². The van der Waals surface area contributed by atoms with E-state index < -0.39 is 6.04 Å². The van der Waals surface area contributed by atoms with Crippen molar-refractivity contribution < 1.29 is 14.3 Å². The number of hydrogen-bond acceptors (Lipinski definition) is 7. The van der Waals surface area contributed by atoms with Crippen LogP contribution in [0.2, 0.25) is 0 Å². The van der Waals surface area contributed by atoms with Gasteiger partial charge in [-0.25, -0.2) is 9.89 Å². The predicted octanol–water partition coefficient (Wildman–Crippen LogP) is 3.78. The fourth-order valence-electron chi connectivity index (χ4n) is 4.80. The van der Waals surface area contributed by atoms with Gasteiger partial charge in [0, 0.05) is 31.7 Å². The van der Waals surface area contributed by atoms with Gasteiger partial charge in [-0.15, -0.1) is 0 Å². The second-order valence-corrected chi connectivity index (χ2v) is 10.5. The van der Waals surface area contributed by atoms with Gasteiger partial charge < -0.3 is 14.5 Å². The van der Waals surface area contributed by atoms with E-state index >= 15 is 0 Å². The van der Waals surface area contributed by atoms with Gasteiger partial charge in [0.1, 0.15) is 17.6 Å². The molecule has 3 heterocycles. The molecule has 0 N–H and O–H groups in total. The van der Waals surface area contributed by atoms with Crippen LogP contribution in [0.15, 0.2) is 58.5 Å². The molecule has 0 saturated carbocycles. The highest BCUT2D eigenvalue weighted by Crippen LogP contribution is 2.35. The van der Waals surface area contributed by atoms with E-state index in [2.05, 4.69) is 18.7 Å². The minimum atomic E-state index is -0.407. The van der Waals surface area contributed by atoms with Crippen molar-refractivity contribution in [2.24, 2.45) is 15.9 Å². The van der Waals surface area contributed by atoms with E-state index in [1.54, 1.807) is 12.0 Å². The van der Waals surface area contributed by atoms with E-state index in [1.807, 2.05) is 53.4 Å². The molecule has 36 heavy (non-hydrogen) atoms. The van der Waals surface area contributed by atoms with Crippen molar-refractivity contribution in [3.05, 3.63) is 54.1 Å². The second-order valence-electron chi connectivity index (χ2n) is 9.51. The van der Waals surface area contributed by atoms with Gasteiger partial charge in [0.05, 0.1) is 24.2 Å². The molecule has 2 aromatic rings. The fraction of sp³-hybridized carbons (Fsp3) is 0.407. The van der Waals surface area contributed by atoms with Crippen LogP contribution in [0.5, 0.6) is 5.75 Å². The molecule has 8 nitrogen and oxygen atoms in total. The van der Waals surface area contributed by atoms with Crippen LogP contribution in [0.1, 0.15) is 25.8 Å². The van der Waals surface area contributed by atoms with E-state index in [4.69, 9.17) is 14.7 Å². The molecule has 0 unspecified atom stereocenters. The molecule has 3 aliphatic rings. The number of nitrogens with zero attached hydrogens (tertiary/aromatic N) is 5. The Morgan fingerprint density at radius 2 is 1.81 bits per heavy atom. The van der Waals surface area contributed by atoms with Crippen LogP contribution in [0.25, 0.3) is 0 Å². The molecule has 0 aliphatic carbocycles. The van der Waals surface area contributed by atoms with Gasteiger partial charge in [0.2, 0.25) is 5.91 Å². The summed E-state index contributed by atoms with van der Waals surface area (Å²) in [5.74, 6) is 2.05. The lowest BCUT2D eigenvalue weighted by Gasteiger charge is -2.36. The largest absolute Gasteiger partial charge is 0.495 e. The van der Waals surface area contributed by atoms with Crippen LogP contribution < -0.4 is 9.64 Å². The van der Waals surface area contributed by atoms with Crippen molar-refractivity contribution in [3.8, 4) is 5.75 Å². The topological polar surface area (TPSA) is 77.8 Å². The number of anilines is 1. The average molecular weight is 506 g/mol. The van der Waals surface area contributed by atoms with Crippen LogP contribution in [-0.4, -0.2) is 77.7 Å². The van der Waals surface area contributed by atoms with E-state index in [0.717, 1.165) is 35.8 Å². The lowest BCUT2D eigenvalue weighted by molar-refractivity contribution is -0.128. The summed E-state index contributed by atoms with van der Waals surface area (Å²) in [6, 6.07) is 15.3. The first kappa shape index (κ1) is 24.4. The van der Waals surface area contributed by atoms with Crippen molar-refractivity contribution in [1.29, 1.82) is 0 Å². The number of carbonyl (C=O) groups excluding carboxylic acids is 2. The highest BCUT2D eigenvalue weighted by atomic mass is 32.2. The number of aliphatic imine (C=N–C) groups is 2. The zero-order valence-electron chi connectivity index (χ0n) is 20.9. The van der Waals surface area contributed by atoms with E-state index in [9.17, 15) is 9.59 Å². The zero-order chi connectivity index (χ0) is 25.2. The number of fused-ring (bicyclic) bond motifs is 3. The standard InChI is InChI=1S/C27H31N5O3S/c1-18(2)16-21-26(34)32-25(28-21)19-8-4-5-9-20(19)29-27(32)36-17-24(33)31-14-12-30(13-15-31)22-10-6-7-11-23(22)35-3/h4-11,18,21H,12-17H2,1-3H3/t21-/m0/s1. The molecule has 0 spiro atoms.